The third-order valence-corrected chi connectivity index (χ3v) is 8.97. The van der Waals surface area contributed by atoms with Crippen LogP contribution in [-0.4, -0.2) is 118 Å². The van der Waals surface area contributed by atoms with Crippen molar-refractivity contribution in [2.24, 2.45) is 5.10 Å². The van der Waals surface area contributed by atoms with Crippen molar-refractivity contribution < 1.29 is 34.4 Å². The summed E-state index contributed by atoms with van der Waals surface area (Å²) in [6.07, 6.45) is 1.59. The lowest BCUT2D eigenvalue weighted by Gasteiger charge is -2.39. The Labute approximate surface area is 321 Å². The number of morpholine rings is 1. The number of aromatic hydroxyl groups is 2. The van der Waals surface area contributed by atoms with Crippen molar-refractivity contribution in [3.63, 3.8) is 0 Å². The highest BCUT2D eigenvalue weighted by molar-refractivity contribution is 6.30. The average molecular weight is 762 g/mol. The standard InChI is InChI=1S/C26H35N7O6.C7H7Cl.C6H6O/c1-4-39-22-14-20(26(3,37)17-27)21(34)13-19(22)24-29-28-15-18(2)33(24)25(36)32-7-5-30(6-8-32)16-23(35)31-9-11-38-12-10-31;1-6-2-4-7(8)5-3-6;7-6-4-2-1-3-5-6/h13-15,28,34,37H,4-12,16H2,1-3H3;2-5H,1H3;1-5,7H. The van der Waals surface area contributed by atoms with Crippen molar-refractivity contribution in [2.45, 2.75) is 33.3 Å². The largest absolute Gasteiger partial charge is 0.508 e. The Hall–Kier alpha value is -5.33. The lowest BCUT2D eigenvalue weighted by molar-refractivity contribution is -0.136. The summed E-state index contributed by atoms with van der Waals surface area (Å²) in [6, 6.07) is 20.6. The number of urea groups is 1. The van der Waals surface area contributed by atoms with Crippen molar-refractivity contribution >= 4 is 29.4 Å². The highest BCUT2D eigenvalue weighted by Crippen LogP contribution is 2.36. The highest BCUT2D eigenvalue weighted by Gasteiger charge is 2.35. The molecule has 1 atom stereocenters. The number of nitriles is 1. The zero-order valence-corrected chi connectivity index (χ0v) is 31.8. The highest BCUT2D eigenvalue weighted by atomic mass is 35.5. The van der Waals surface area contributed by atoms with Gasteiger partial charge in [-0.3, -0.25) is 15.1 Å². The van der Waals surface area contributed by atoms with Gasteiger partial charge in [-0.05, 0) is 64.1 Å². The molecule has 1 unspecified atom stereocenters. The molecule has 4 N–H and O–H groups in total. The molecule has 0 radical (unpaired) electrons. The molecular weight excluding hydrogens is 714 g/mol. The molecule has 6 rings (SSSR count). The van der Waals surface area contributed by atoms with E-state index >= 15 is 0 Å². The molecule has 288 valence electrons. The molecule has 3 aliphatic heterocycles. The predicted octanol–water partition coefficient (Wildman–Crippen LogP) is 4.59. The molecule has 54 heavy (non-hydrogen) atoms. The van der Waals surface area contributed by atoms with Gasteiger partial charge in [0.05, 0.1) is 31.9 Å². The number of rotatable bonds is 6. The number of phenolic OH excluding ortho intramolecular Hbond substituents is 2. The minimum atomic E-state index is -1.95. The molecule has 2 saturated heterocycles. The van der Waals surface area contributed by atoms with Crippen LogP contribution in [-0.2, 0) is 15.1 Å². The van der Waals surface area contributed by atoms with E-state index < -0.39 is 5.60 Å². The number of ether oxygens (including phenoxy) is 2. The Morgan fingerprint density at radius 2 is 1.63 bits per heavy atom. The smallest absolute Gasteiger partial charge is 0.330 e. The fraction of sp³-hybridized carbons (Fsp3) is 0.385. The first-order chi connectivity index (χ1) is 25.8. The number of para-hydroxylation sites is 1. The van der Waals surface area contributed by atoms with E-state index in [4.69, 9.17) is 26.2 Å². The molecular formula is C39H48ClN7O7. The number of benzene rings is 3. The van der Waals surface area contributed by atoms with Crippen LogP contribution in [0.1, 0.15) is 37.5 Å². The molecule has 0 aromatic heterocycles. The lowest BCUT2D eigenvalue weighted by Crippen LogP contribution is -2.56. The first-order valence-electron chi connectivity index (χ1n) is 17.6. The number of hydrogen-bond acceptors (Lipinski definition) is 11. The number of hydrazone groups is 1. The lowest BCUT2D eigenvalue weighted by atomic mass is 9.94. The fourth-order valence-electron chi connectivity index (χ4n) is 5.66. The van der Waals surface area contributed by atoms with Gasteiger partial charge in [-0.25, -0.2) is 9.69 Å². The number of phenols is 2. The summed E-state index contributed by atoms with van der Waals surface area (Å²) in [5.74, 6) is 0.506. The van der Waals surface area contributed by atoms with Crippen LogP contribution in [0.2, 0.25) is 5.02 Å². The molecule has 15 heteroatoms. The molecule has 14 nitrogen and oxygen atoms in total. The van der Waals surface area contributed by atoms with E-state index in [9.17, 15) is 25.1 Å². The molecule has 0 aliphatic carbocycles. The second-order valence-electron chi connectivity index (χ2n) is 12.8. The van der Waals surface area contributed by atoms with Crippen molar-refractivity contribution in [1.29, 1.82) is 5.26 Å². The summed E-state index contributed by atoms with van der Waals surface area (Å²) in [7, 11) is 0. The van der Waals surface area contributed by atoms with Gasteiger partial charge in [0.25, 0.3) is 0 Å². The molecule has 3 amide bonds. The van der Waals surface area contributed by atoms with Gasteiger partial charge in [-0.2, -0.15) is 10.4 Å². The first-order valence-corrected chi connectivity index (χ1v) is 18.0. The number of nitrogens with zero attached hydrogens (tertiary/aromatic N) is 6. The number of piperazine rings is 1. The minimum absolute atomic E-state index is 0.0190. The van der Waals surface area contributed by atoms with Crippen LogP contribution in [0, 0.1) is 18.3 Å². The number of aliphatic hydroxyl groups is 1. The second kappa shape index (κ2) is 19.7. The van der Waals surface area contributed by atoms with E-state index in [-0.39, 0.29) is 41.4 Å². The van der Waals surface area contributed by atoms with Crippen LogP contribution in [0.5, 0.6) is 17.2 Å². The van der Waals surface area contributed by atoms with Crippen molar-refractivity contribution in [1.82, 2.24) is 25.0 Å². The second-order valence-corrected chi connectivity index (χ2v) is 13.3. The minimum Gasteiger partial charge on any atom is -0.508 e. The van der Waals surface area contributed by atoms with Gasteiger partial charge in [0.15, 0.2) is 11.4 Å². The van der Waals surface area contributed by atoms with Crippen LogP contribution >= 0.6 is 11.6 Å². The van der Waals surface area contributed by atoms with Crippen LogP contribution in [0.25, 0.3) is 0 Å². The maximum Gasteiger partial charge on any atom is 0.330 e. The summed E-state index contributed by atoms with van der Waals surface area (Å²) in [5, 5.41) is 44.3. The van der Waals surface area contributed by atoms with E-state index in [1.165, 1.54) is 29.5 Å². The van der Waals surface area contributed by atoms with Crippen molar-refractivity contribution in [2.75, 3.05) is 65.6 Å². The maximum absolute atomic E-state index is 13.8. The Morgan fingerprint density at radius 1 is 0.981 bits per heavy atom. The monoisotopic (exact) mass is 761 g/mol. The number of aryl methyl sites for hydroxylation is 1. The summed E-state index contributed by atoms with van der Waals surface area (Å²) < 4.78 is 11.1. The van der Waals surface area contributed by atoms with Crippen LogP contribution in [0.3, 0.4) is 0 Å². The van der Waals surface area contributed by atoms with E-state index in [1.54, 1.807) is 55.3 Å². The topological polar surface area (TPSA) is 174 Å². The van der Waals surface area contributed by atoms with E-state index in [1.807, 2.05) is 47.1 Å². The zero-order chi connectivity index (χ0) is 39.3. The SMILES string of the molecule is CCOc1cc(C(C)(O)C#N)c(O)cc1C1=NNC=C(C)N1C(=O)N1CCN(CC(=O)N2CCOCC2)CC1.Cc1ccc(Cl)cc1.Oc1ccccc1. The zero-order valence-electron chi connectivity index (χ0n) is 31.0. The number of amidine groups is 1. The predicted molar refractivity (Wildman–Crippen MR) is 205 cm³/mol. The van der Waals surface area contributed by atoms with Crippen LogP contribution in [0.4, 0.5) is 4.79 Å². The van der Waals surface area contributed by atoms with Gasteiger partial charge in [0.2, 0.25) is 5.91 Å². The Kier molecular flexibility index (Phi) is 15.1. The van der Waals surface area contributed by atoms with Gasteiger partial charge < -0.3 is 34.6 Å². The van der Waals surface area contributed by atoms with Gasteiger partial charge in [0, 0.05) is 61.8 Å². The maximum atomic E-state index is 13.8. The van der Waals surface area contributed by atoms with Crippen LogP contribution in [0.15, 0.2) is 83.7 Å². The van der Waals surface area contributed by atoms with Crippen LogP contribution < -0.4 is 10.2 Å². The summed E-state index contributed by atoms with van der Waals surface area (Å²) >= 11 is 5.61. The quantitative estimate of drug-likeness (QED) is 0.260. The number of halogens is 1. The van der Waals surface area contributed by atoms with Gasteiger partial charge >= 0.3 is 6.03 Å². The van der Waals surface area contributed by atoms with E-state index in [2.05, 4.69) is 10.5 Å². The van der Waals surface area contributed by atoms with E-state index in [0.717, 1.165) is 5.02 Å². The molecule has 3 aliphatic rings. The number of hydrogen-bond donors (Lipinski definition) is 4. The van der Waals surface area contributed by atoms with Crippen molar-refractivity contribution in [3.05, 3.63) is 100 Å². The Balaban J connectivity index is 0.000000356. The third kappa shape index (κ3) is 11.3. The average Bonchev–Trinajstić information content (AvgIpc) is 3.17. The molecule has 2 fully saturated rings. The fourth-order valence-corrected chi connectivity index (χ4v) is 5.79. The summed E-state index contributed by atoms with van der Waals surface area (Å²) in [4.78, 5) is 33.4. The Morgan fingerprint density at radius 3 is 2.19 bits per heavy atom. The molecule has 3 heterocycles. The first kappa shape index (κ1) is 41.4. The molecule has 0 spiro atoms. The number of carbonyl (C=O) groups excluding carboxylic acids is 2. The number of amides is 3. The molecule has 3 aromatic rings. The number of allylic oxidation sites excluding steroid dienone is 1. The van der Waals surface area contributed by atoms with Gasteiger partial charge in [0.1, 0.15) is 23.3 Å². The summed E-state index contributed by atoms with van der Waals surface area (Å²) in [5.41, 5.74) is 2.96. The Bertz CT molecular complexity index is 1800. The third-order valence-electron chi connectivity index (χ3n) is 8.71. The number of carbonyl (C=O) groups is 2. The van der Waals surface area contributed by atoms with Gasteiger partial charge in [-0.15, -0.1) is 0 Å². The summed E-state index contributed by atoms with van der Waals surface area (Å²) in [6.45, 7) is 11.7. The normalized spacial score (nSPS) is 16.8. The van der Waals surface area contributed by atoms with Gasteiger partial charge in [-0.1, -0.05) is 47.5 Å². The van der Waals surface area contributed by atoms with Crippen molar-refractivity contribution in [3.8, 4) is 23.3 Å². The molecule has 0 saturated carbocycles. The number of nitrogens with one attached hydrogen (secondary N) is 1. The van der Waals surface area contributed by atoms with E-state index in [0.29, 0.717) is 76.0 Å². The molecule has 0 bridgehead atoms. The molecule has 3 aromatic carbocycles.